The lowest BCUT2D eigenvalue weighted by atomic mass is 10.2. The van der Waals surface area contributed by atoms with Gasteiger partial charge in [0.15, 0.2) is 0 Å². The van der Waals surface area contributed by atoms with Crippen molar-refractivity contribution in [2.24, 2.45) is 0 Å². The lowest BCUT2D eigenvalue weighted by molar-refractivity contribution is -0.142. The number of carbonyl (C=O) groups excluding carboxylic acids is 2. The third-order valence-corrected chi connectivity index (χ3v) is 3.18. The Kier molecular flexibility index (Phi) is 6.35. The molecular formula is C14H17F3N2O4. The summed E-state index contributed by atoms with van der Waals surface area (Å²) in [5, 5.41) is 0. The van der Waals surface area contributed by atoms with E-state index in [1.165, 1.54) is 12.0 Å². The van der Waals surface area contributed by atoms with Gasteiger partial charge in [-0.3, -0.25) is 14.4 Å². The summed E-state index contributed by atoms with van der Waals surface area (Å²) >= 11 is 0. The Morgan fingerprint density at radius 2 is 2.00 bits per heavy atom. The topological polar surface area (TPSA) is 68.6 Å². The van der Waals surface area contributed by atoms with Gasteiger partial charge in [-0.2, -0.15) is 13.2 Å². The first kappa shape index (κ1) is 18.7. The SMILES string of the molecule is CCN(CCC(=O)OC)C(=O)Cn1cccc(C(F)(F)F)c1=O. The van der Waals surface area contributed by atoms with Crippen LogP contribution in [0.2, 0.25) is 0 Å². The Morgan fingerprint density at radius 3 is 2.52 bits per heavy atom. The van der Waals surface area contributed by atoms with E-state index in [4.69, 9.17) is 0 Å². The van der Waals surface area contributed by atoms with Crippen LogP contribution in [0, 0.1) is 0 Å². The van der Waals surface area contributed by atoms with Crippen molar-refractivity contribution >= 4 is 11.9 Å². The minimum atomic E-state index is -4.78. The second kappa shape index (κ2) is 7.80. The minimum Gasteiger partial charge on any atom is -0.469 e. The van der Waals surface area contributed by atoms with Crippen LogP contribution in [0.1, 0.15) is 18.9 Å². The lowest BCUT2D eigenvalue weighted by Crippen LogP contribution is -2.38. The molecule has 128 valence electrons. The van der Waals surface area contributed by atoms with Crippen molar-refractivity contribution in [2.45, 2.75) is 26.1 Å². The largest absolute Gasteiger partial charge is 0.469 e. The van der Waals surface area contributed by atoms with Crippen LogP contribution in [0.5, 0.6) is 0 Å². The number of alkyl halides is 3. The Labute approximate surface area is 130 Å². The summed E-state index contributed by atoms with van der Waals surface area (Å²) < 4.78 is 43.2. The normalized spacial score (nSPS) is 11.2. The monoisotopic (exact) mass is 334 g/mol. The number of rotatable bonds is 6. The predicted octanol–water partition coefficient (Wildman–Crippen LogP) is 1.28. The maximum atomic E-state index is 12.7. The molecule has 0 saturated heterocycles. The van der Waals surface area contributed by atoms with Crippen LogP contribution in [0.4, 0.5) is 13.2 Å². The number of carbonyl (C=O) groups is 2. The van der Waals surface area contributed by atoms with Crippen molar-refractivity contribution in [1.29, 1.82) is 0 Å². The fourth-order valence-electron chi connectivity index (χ4n) is 1.91. The molecule has 9 heteroatoms. The van der Waals surface area contributed by atoms with Gasteiger partial charge in [-0.1, -0.05) is 0 Å². The number of pyridine rings is 1. The number of nitrogens with zero attached hydrogens (tertiary/aromatic N) is 2. The fourth-order valence-corrected chi connectivity index (χ4v) is 1.91. The molecule has 0 aliphatic rings. The molecule has 0 aromatic carbocycles. The van der Waals surface area contributed by atoms with E-state index >= 15 is 0 Å². The second-order valence-electron chi connectivity index (χ2n) is 4.65. The third kappa shape index (κ3) is 5.11. The zero-order valence-electron chi connectivity index (χ0n) is 12.7. The van der Waals surface area contributed by atoms with Gasteiger partial charge in [0.1, 0.15) is 12.1 Å². The molecule has 1 aromatic rings. The summed E-state index contributed by atoms with van der Waals surface area (Å²) in [6.07, 6.45) is -3.70. The van der Waals surface area contributed by atoms with E-state index in [1.54, 1.807) is 6.92 Å². The smallest absolute Gasteiger partial charge is 0.421 e. The molecule has 0 spiro atoms. The van der Waals surface area contributed by atoms with Crippen LogP contribution < -0.4 is 5.56 Å². The molecule has 1 rings (SSSR count). The molecule has 0 saturated carbocycles. The molecule has 0 N–H and O–H groups in total. The highest BCUT2D eigenvalue weighted by atomic mass is 19.4. The molecule has 0 bridgehead atoms. The van der Waals surface area contributed by atoms with Gasteiger partial charge in [-0.05, 0) is 19.1 Å². The number of methoxy groups -OCH3 is 1. The molecule has 1 amide bonds. The van der Waals surface area contributed by atoms with Gasteiger partial charge in [0.2, 0.25) is 5.91 Å². The molecule has 0 aliphatic carbocycles. The van der Waals surface area contributed by atoms with Crippen molar-refractivity contribution in [3.05, 3.63) is 34.2 Å². The number of ether oxygens (including phenoxy) is 1. The summed E-state index contributed by atoms with van der Waals surface area (Å²) in [5.74, 6) is -1.06. The van der Waals surface area contributed by atoms with E-state index in [-0.39, 0.29) is 19.5 Å². The number of hydrogen-bond acceptors (Lipinski definition) is 4. The lowest BCUT2D eigenvalue weighted by Gasteiger charge is -2.21. The van der Waals surface area contributed by atoms with Gasteiger partial charge in [-0.15, -0.1) is 0 Å². The van der Waals surface area contributed by atoms with E-state index in [1.807, 2.05) is 0 Å². The number of hydrogen-bond donors (Lipinski definition) is 0. The molecule has 0 fully saturated rings. The average Bonchev–Trinajstić information content (AvgIpc) is 2.48. The van der Waals surface area contributed by atoms with Crippen LogP contribution in [-0.4, -0.2) is 41.5 Å². The maximum Gasteiger partial charge on any atom is 0.421 e. The van der Waals surface area contributed by atoms with Crippen molar-refractivity contribution in [2.75, 3.05) is 20.2 Å². The van der Waals surface area contributed by atoms with E-state index < -0.39 is 35.7 Å². The second-order valence-corrected chi connectivity index (χ2v) is 4.65. The predicted molar refractivity (Wildman–Crippen MR) is 74.6 cm³/mol. The van der Waals surface area contributed by atoms with Gasteiger partial charge < -0.3 is 14.2 Å². The highest BCUT2D eigenvalue weighted by Gasteiger charge is 2.34. The molecule has 6 nitrogen and oxygen atoms in total. The highest BCUT2D eigenvalue weighted by molar-refractivity contribution is 5.77. The number of likely N-dealkylation sites (N-methyl/N-ethyl adjacent to an activating group) is 1. The molecular weight excluding hydrogens is 317 g/mol. The standard InChI is InChI=1S/C14H17F3N2O4/c1-3-18(8-6-12(21)23-2)11(20)9-19-7-4-5-10(13(19)22)14(15,16)17/h4-5,7H,3,6,8-9H2,1-2H3. The number of esters is 1. The third-order valence-electron chi connectivity index (χ3n) is 3.18. The van der Waals surface area contributed by atoms with E-state index in [0.29, 0.717) is 10.6 Å². The van der Waals surface area contributed by atoms with Crippen molar-refractivity contribution in [1.82, 2.24) is 9.47 Å². The summed E-state index contributed by atoms with van der Waals surface area (Å²) in [4.78, 5) is 36.2. The molecule has 0 radical (unpaired) electrons. The van der Waals surface area contributed by atoms with Crippen LogP contribution in [0.25, 0.3) is 0 Å². The Bertz CT molecular complexity index is 625. The Balaban J connectivity index is 2.88. The molecule has 1 heterocycles. The molecule has 0 unspecified atom stereocenters. The van der Waals surface area contributed by atoms with Crippen LogP contribution in [0.15, 0.2) is 23.1 Å². The molecule has 1 aromatic heterocycles. The number of amides is 1. The molecule has 23 heavy (non-hydrogen) atoms. The van der Waals surface area contributed by atoms with E-state index in [0.717, 1.165) is 12.3 Å². The van der Waals surface area contributed by atoms with Gasteiger partial charge in [0.05, 0.1) is 13.5 Å². The summed E-state index contributed by atoms with van der Waals surface area (Å²) in [6, 6.07) is 1.72. The zero-order valence-corrected chi connectivity index (χ0v) is 12.7. The first-order valence-electron chi connectivity index (χ1n) is 6.82. The fraction of sp³-hybridized carbons (Fsp3) is 0.500. The van der Waals surface area contributed by atoms with Crippen LogP contribution in [0.3, 0.4) is 0 Å². The van der Waals surface area contributed by atoms with Crippen molar-refractivity contribution in [3.63, 3.8) is 0 Å². The average molecular weight is 334 g/mol. The Hall–Kier alpha value is -2.32. The number of aromatic nitrogens is 1. The van der Waals surface area contributed by atoms with Gasteiger partial charge in [0, 0.05) is 19.3 Å². The maximum absolute atomic E-state index is 12.7. The minimum absolute atomic E-state index is 0.0342. The first-order valence-corrected chi connectivity index (χ1v) is 6.82. The first-order chi connectivity index (χ1) is 10.7. The van der Waals surface area contributed by atoms with Gasteiger partial charge in [0.25, 0.3) is 5.56 Å². The van der Waals surface area contributed by atoms with Gasteiger partial charge >= 0.3 is 12.1 Å². The highest BCUT2D eigenvalue weighted by Crippen LogP contribution is 2.25. The van der Waals surface area contributed by atoms with Crippen molar-refractivity contribution in [3.8, 4) is 0 Å². The summed E-state index contributed by atoms with van der Waals surface area (Å²) in [6.45, 7) is 1.45. The summed E-state index contributed by atoms with van der Waals surface area (Å²) in [7, 11) is 1.21. The van der Waals surface area contributed by atoms with Crippen LogP contribution >= 0.6 is 0 Å². The summed E-state index contributed by atoms with van der Waals surface area (Å²) in [5.41, 5.74) is -2.61. The quantitative estimate of drug-likeness (QED) is 0.735. The number of halogens is 3. The zero-order chi connectivity index (χ0) is 17.6. The molecule has 0 atom stereocenters. The van der Waals surface area contributed by atoms with E-state index in [9.17, 15) is 27.6 Å². The van der Waals surface area contributed by atoms with Gasteiger partial charge in [-0.25, -0.2) is 0 Å². The van der Waals surface area contributed by atoms with Crippen LogP contribution in [-0.2, 0) is 27.0 Å². The Morgan fingerprint density at radius 1 is 1.35 bits per heavy atom. The van der Waals surface area contributed by atoms with E-state index in [2.05, 4.69) is 4.74 Å². The molecule has 0 aliphatic heterocycles. The van der Waals surface area contributed by atoms with Crippen molar-refractivity contribution < 1.29 is 27.5 Å².